The lowest BCUT2D eigenvalue weighted by Crippen LogP contribution is -2.28. The van der Waals surface area contributed by atoms with E-state index in [0.29, 0.717) is 12.0 Å². The van der Waals surface area contributed by atoms with Crippen LogP contribution in [0.1, 0.15) is 20.3 Å². The topological polar surface area (TPSA) is 32.7 Å². The maximum Gasteiger partial charge on any atom is 0.104 e. The molecule has 0 aromatic heterocycles. The predicted molar refractivity (Wildman–Crippen MR) is 43.0 cm³/mol. The van der Waals surface area contributed by atoms with Crippen LogP contribution in [-0.2, 0) is 4.84 Å². The Hall–Kier alpha value is -0.120. The van der Waals surface area contributed by atoms with Crippen LogP contribution in [0.5, 0.6) is 0 Å². The van der Waals surface area contributed by atoms with Crippen LogP contribution in [0.2, 0.25) is 0 Å². The van der Waals surface area contributed by atoms with Crippen molar-refractivity contribution >= 4 is 0 Å². The van der Waals surface area contributed by atoms with Gasteiger partial charge < -0.3 is 5.11 Å². The molecule has 3 heteroatoms. The Kier molecular flexibility index (Phi) is 2.87. The number of hydroxylamine groups is 2. The maximum atomic E-state index is 8.83. The van der Waals surface area contributed by atoms with E-state index in [-0.39, 0.29) is 12.7 Å². The summed E-state index contributed by atoms with van der Waals surface area (Å²) in [5.74, 6) is 0.594. The van der Waals surface area contributed by atoms with Gasteiger partial charge in [0.25, 0.3) is 0 Å². The van der Waals surface area contributed by atoms with Crippen molar-refractivity contribution in [2.45, 2.75) is 32.4 Å². The second kappa shape index (κ2) is 3.52. The van der Waals surface area contributed by atoms with Crippen molar-refractivity contribution in [3.8, 4) is 0 Å². The van der Waals surface area contributed by atoms with Crippen molar-refractivity contribution in [1.29, 1.82) is 0 Å². The molecule has 0 saturated carbocycles. The minimum Gasteiger partial charge on any atom is -0.394 e. The Balaban J connectivity index is 2.45. The summed E-state index contributed by atoms with van der Waals surface area (Å²) in [7, 11) is 1.93. The fourth-order valence-corrected chi connectivity index (χ4v) is 1.57. The van der Waals surface area contributed by atoms with Crippen LogP contribution in [0.25, 0.3) is 0 Å². The zero-order valence-electron chi connectivity index (χ0n) is 7.45. The van der Waals surface area contributed by atoms with Gasteiger partial charge >= 0.3 is 0 Å². The molecular weight excluding hydrogens is 142 g/mol. The Labute approximate surface area is 67.9 Å². The van der Waals surface area contributed by atoms with Crippen molar-refractivity contribution in [3.63, 3.8) is 0 Å². The standard InChI is InChI=1S/C8H17NO2/c1-6(2)8-4-7(5-10)11-9(8)3/h6-8,10H,4-5H2,1-3H3. The molecule has 1 fully saturated rings. The number of rotatable bonds is 2. The van der Waals surface area contributed by atoms with E-state index in [0.717, 1.165) is 6.42 Å². The van der Waals surface area contributed by atoms with Crippen LogP contribution >= 0.6 is 0 Å². The Morgan fingerprint density at radius 2 is 2.27 bits per heavy atom. The zero-order valence-corrected chi connectivity index (χ0v) is 7.45. The number of hydrogen-bond acceptors (Lipinski definition) is 3. The molecule has 0 radical (unpaired) electrons. The third-order valence-electron chi connectivity index (χ3n) is 2.26. The summed E-state index contributed by atoms with van der Waals surface area (Å²) in [5, 5.41) is 10.7. The van der Waals surface area contributed by atoms with Gasteiger partial charge in [-0.2, -0.15) is 5.06 Å². The van der Waals surface area contributed by atoms with Crippen LogP contribution < -0.4 is 0 Å². The Bertz CT molecular complexity index is 127. The van der Waals surface area contributed by atoms with Gasteiger partial charge in [-0.15, -0.1) is 0 Å². The van der Waals surface area contributed by atoms with Gasteiger partial charge in [0, 0.05) is 13.1 Å². The summed E-state index contributed by atoms with van der Waals surface area (Å²) in [4.78, 5) is 5.37. The number of aliphatic hydroxyl groups excluding tert-OH is 1. The first-order valence-corrected chi connectivity index (χ1v) is 4.15. The van der Waals surface area contributed by atoms with Crippen molar-refractivity contribution in [3.05, 3.63) is 0 Å². The molecule has 1 heterocycles. The normalized spacial score (nSPS) is 33.5. The predicted octanol–water partition coefficient (Wildman–Crippen LogP) is 0.639. The summed E-state index contributed by atoms with van der Waals surface area (Å²) >= 11 is 0. The van der Waals surface area contributed by atoms with Crippen molar-refractivity contribution in [2.75, 3.05) is 13.7 Å². The third-order valence-corrected chi connectivity index (χ3v) is 2.26. The lowest BCUT2D eigenvalue weighted by atomic mass is 10.00. The molecule has 3 nitrogen and oxygen atoms in total. The van der Waals surface area contributed by atoms with Crippen molar-refractivity contribution < 1.29 is 9.94 Å². The smallest absolute Gasteiger partial charge is 0.104 e. The second-order valence-corrected chi connectivity index (χ2v) is 3.50. The molecule has 66 valence electrons. The highest BCUT2D eigenvalue weighted by Crippen LogP contribution is 2.24. The minimum atomic E-state index is 0.0207. The van der Waals surface area contributed by atoms with E-state index in [2.05, 4.69) is 13.8 Å². The maximum absolute atomic E-state index is 8.83. The summed E-state index contributed by atoms with van der Waals surface area (Å²) in [6.45, 7) is 4.47. The molecule has 11 heavy (non-hydrogen) atoms. The average molecular weight is 159 g/mol. The first kappa shape index (κ1) is 8.97. The van der Waals surface area contributed by atoms with Crippen LogP contribution in [0.15, 0.2) is 0 Å². The highest BCUT2D eigenvalue weighted by molar-refractivity contribution is 4.77. The van der Waals surface area contributed by atoms with E-state index >= 15 is 0 Å². The van der Waals surface area contributed by atoms with Crippen LogP contribution in [0, 0.1) is 5.92 Å². The lowest BCUT2D eigenvalue weighted by molar-refractivity contribution is -0.157. The molecule has 0 spiro atoms. The molecule has 2 unspecified atom stereocenters. The van der Waals surface area contributed by atoms with Crippen molar-refractivity contribution in [1.82, 2.24) is 5.06 Å². The van der Waals surface area contributed by atoms with Gasteiger partial charge in [-0.25, -0.2) is 0 Å². The third kappa shape index (κ3) is 1.92. The summed E-state index contributed by atoms with van der Waals surface area (Å²) in [6.07, 6.45) is 0.970. The zero-order chi connectivity index (χ0) is 8.43. The molecule has 0 aliphatic carbocycles. The highest BCUT2D eigenvalue weighted by atomic mass is 16.7. The van der Waals surface area contributed by atoms with Gasteiger partial charge in [-0.1, -0.05) is 13.8 Å². The Morgan fingerprint density at radius 1 is 1.64 bits per heavy atom. The SMILES string of the molecule is CC(C)C1CC(CO)ON1C. The van der Waals surface area contributed by atoms with Crippen LogP contribution in [0.3, 0.4) is 0 Å². The van der Waals surface area contributed by atoms with Crippen LogP contribution in [0.4, 0.5) is 0 Å². The van der Waals surface area contributed by atoms with E-state index < -0.39 is 0 Å². The van der Waals surface area contributed by atoms with Crippen LogP contribution in [-0.4, -0.2) is 36.0 Å². The highest BCUT2D eigenvalue weighted by Gasteiger charge is 2.31. The molecule has 2 atom stereocenters. The first-order valence-electron chi connectivity index (χ1n) is 4.15. The van der Waals surface area contributed by atoms with Gasteiger partial charge in [0.1, 0.15) is 6.10 Å². The molecule has 0 aromatic carbocycles. The van der Waals surface area contributed by atoms with Gasteiger partial charge in [0.15, 0.2) is 0 Å². The van der Waals surface area contributed by atoms with Gasteiger partial charge in [-0.05, 0) is 12.3 Å². The van der Waals surface area contributed by atoms with E-state index in [1.165, 1.54) is 0 Å². The molecule has 1 N–H and O–H groups in total. The fourth-order valence-electron chi connectivity index (χ4n) is 1.57. The fraction of sp³-hybridized carbons (Fsp3) is 1.00. The summed E-state index contributed by atoms with van der Waals surface area (Å²) < 4.78 is 0. The second-order valence-electron chi connectivity index (χ2n) is 3.50. The average Bonchev–Trinajstić information content (AvgIpc) is 2.30. The van der Waals surface area contributed by atoms with E-state index in [9.17, 15) is 0 Å². The molecule has 1 rings (SSSR count). The number of nitrogens with zero attached hydrogens (tertiary/aromatic N) is 1. The van der Waals surface area contributed by atoms with Crippen molar-refractivity contribution in [2.24, 2.45) is 5.92 Å². The quantitative estimate of drug-likeness (QED) is 0.641. The molecule has 1 aliphatic rings. The molecule has 0 amide bonds. The van der Waals surface area contributed by atoms with Gasteiger partial charge in [0.05, 0.1) is 6.61 Å². The van der Waals surface area contributed by atoms with E-state index in [1.807, 2.05) is 12.1 Å². The largest absolute Gasteiger partial charge is 0.394 e. The summed E-state index contributed by atoms with van der Waals surface area (Å²) in [5.41, 5.74) is 0. The van der Waals surface area contributed by atoms with E-state index in [1.54, 1.807) is 0 Å². The molecule has 1 saturated heterocycles. The van der Waals surface area contributed by atoms with Gasteiger partial charge in [-0.3, -0.25) is 4.84 Å². The first-order chi connectivity index (χ1) is 5.15. The molecule has 0 bridgehead atoms. The number of hydrogen-bond donors (Lipinski definition) is 1. The number of aliphatic hydroxyl groups is 1. The molecular formula is C8H17NO2. The van der Waals surface area contributed by atoms with E-state index in [4.69, 9.17) is 9.94 Å². The summed E-state index contributed by atoms with van der Waals surface area (Å²) in [6, 6.07) is 0.465. The molecule has 1 aliphatic heterocycles. The minimum absolute atomic E-state index is 0.0207. The Morgan fingerprint density at radius 3 is 2.55 bits per heavy atom. The monoisotopic (exact) mass is 159 g/mol. The lowest BCUT2D eigenvalue weighted by Gasteiger charge is -2.20. The molecule has 0 aromatic rings. The van der Waals surface area contributed by atoms with Gasteiger partial charge in [0.2, 0.25) is 0 Å².